The molecule has 3 heterocycles. The number of nitrogens with one attached hydrogen (secondary N) is 1. The molecule has 4 rings (SSSR count). The summed E-state index contributed by atoms with van der Waals surface area (Å²) in [4.78, 5) is 11.2. The summed E-state index contributed by atoms with van der Waals surface area (Å²) in [5, 5.41) is 3.05. The molecule has 1 aliphatic heterocycles. The molecule has 0 radical (unpaired) electrons. The van der Waals surface area contributed by atoms with Gasteiger partial charge in [0, 0.05) is 38.4 Å². The van der Waals surface area contributed by atoms with Crippen LogP contribution in [0.1, 0.15) is 37.8 Å². The van der Waals surface area contributed by atoms with Gasteiger partial charge in [-0.1, -0.05) is 32.1 Å². The van der Waals surface area contributed by atoms with Crippen molar-refractivity contribution in [1.82, 2.24) is 23.8 Å². The van der Waals surface area contributed by atoms with Crippen molar-refractivity contribution in [2.45, 2.75) is 49.3 Å². The molecule has 170 valence electrons. The zero-order chi connectivity index (χ0) is 22.2. The quantitative estimate of drug-likeness (QED) is 0.741. The van der Waals surface area contributed by atoms with E-state index in [-0.39, 0.29) is 29.3 Å². The van der Waals surface area contributed by atoms with E-state index in [2.05, 4.69) is 20.3 Å². The summed E-state index contributed by atoms with van der Waals surface area (Å²) in [7, 11) is -2.10. The number of nitrogens with zero attached hydrogens (tertiary/aromatic N) is 5. The molecular weight excluding hydrogens is 433 g/mol. The number of aryl methyl sites for hydroxylation is 1. The first-order valence-corrected chi connectivity index (χ1v) is 11.7. The summed E-state index contributed by atoms with van der Waals surface area (Å²) >= 11 is 0. The lowest BCUT2D eigenvalue weighted by Gasteiger charge is -2.31. The third-order valence-electron chi connectivity index (χ3n) is 6.16. The molecule has 0 aromatic carbocycles. The van der Waals surface area contributed by atoms with Gasteiger partial charge in [-0.2, -0.15) is 17.5 Å². The van der Waals surface area contributed by atoms with Crippen LogP contribution in [0.2, 0.25) is 0 Å². The van der Waals surface area contributed by atoms with Gasteiger partial charge >= 0.3 is 6.18 Å². The summed E-state index contributed by atoms with van der Waals surface area (Å²) in [5.74, 6) is 0.326. The van der Waals surface area contributed by atoms with E-state index in [1.54, 1.807) is 11.6 Å². The molecule has 1 saturated heterocycles. The Morgan fingerprint density at radius 2 is 1.84 bits per heavy atom. The minimum atomic E-state index is -4.58. The van der Waals surface area contributed by atoms with Gasteiger partial charge in [-0.3, -0.25) is 0 Å². The van der Waals surface area contributed by atoms with Crippen LogP contribution < -0.4 is 5.32 Å². The van der Waals surface area contributed by atoms with Gasteiger partial charge in [-0.05, 0) is 11.8 Å². The van der Waals surface area contributed by atoms with Crippen molar-refractivity contribution in [2.75, 3.05) is 18.4 Å². The van der Waals surface area contributed by atoms with Crippen molar-refractivity contribution in [1.29, 1.82) is 0 Å². The molecule has 0 unspecified atom stereocenters. The molecule has 2 aliphatic rings. The predicted molar refractivity (Wildman–Crippen MR) is 106 cm³/mol. The molecule has 1 aliphatic carbocycles. The Labute approximate surface area is 179 Å². The second-order valence-corrected chi connectivity index (χ2v) is 10.2. The number of aromatic nitrogens is 4. The second kappa shape index (κ2) is 8.38. The smallest absolute Gasteiger partial charge is 0.366 e. The summed E-state index contributed by atoms with van der Waals surface area (Å²) in [6.45, 7) is 0.448. The molecule has 12 heteroatoms. The average molecular weight is 459 g/mol. The molecule has 1 N–H and O–H groups in total. The maximum Gasteiger partial charge on any atom is 0.433 e. The van der Waals surface area contributed by atoms with E-state index in [0.29, 0.717) is 12.5 Å². The fourth-order valence-corrected chi connectivity index (χ4v) is 6.09. The maximum absolute atomic E-state index is 13.1. The Morgan fingerprint density at radius 3 is 2.48 bits per heavy atom. The minimum Gasteiger partial charge on any atom is -0.366 e. The van der Waals surface area contributed by atoms with Crippen molar-refractivity contribution in [2.24, 2.45) is 18.9 Å². The van der Waals surface area contributed by atoms with Crippen LogP contribution in [-0.2, 0) is 23.2 Å². The molecular formula is C19H25F3N6O2S. The number of halogens is 3. The fourth-order valence-electron chi connectivity index (χ4n) is 4.62. The van der Waals surface area contributed by atoms with Crippen LogP contribution in [-0.4, -0.2) is 51.4 Å². The van der Waals surface area contributed by atoms with Crippen LogP contribution in [0, 0.1) is 11.8 Å². The largest absolute Gasteiger partial charge is 0.433 e. The number of anilines is 1. The van der Waals surface area contributed by atoms with Crippen LogP contribution in [0.25, 0.3) is 0 Å². The van der Waals surface area contributed by atoms with E-state index in [0.717, 1.165) is 44.5 Å². The number of hydrogen-bond acceptors (Lipinski definition) is 6. The van der Waals surface area contributed by atoms with Gasteiger partial charge in [0.15, 0.2) is 5.03 Å². The van der Waals surface area contributed by atoms with E-state index >= 15 is 0 Å². The Morgan fingerprint density at radius 1 is 1.10 bits per heavy atom. The van der Waals surface area contributed by atoms with Crippen LogP contribution in [0.3, 0.4) is 0 Å². The zero-order valence-corrected chi connectivity index (χ0v) is 17.9. The molecule has 2 aromatic heterocycles. The molecule has 0 spiro atoms. The Balaban J connectivity index is 1.59. The Hall–Kier alpha value is -2.21. The Kier molecular flexibility index (Phi) is 5.95. The molecule has 1 saturated carbocycles. The Bertz CT molecular complexity index is 1020. The first-order valence-electron chi connectivity index (χ1n) is 10.3. The van der Waals surface area contributed by atoms with Crippen molar-refractivity contribution >= 4 is 15.8 Å². The fraction of sp³-hybridized carbons (Fsp3) is 0.632. The topological polar surface area (TPSA) is 93.0 Å². The number of sulfonamides is 1. The van der Waals surface area contributed by atoms with Crippen LogP contribution in [0.5, 0.6) is 0 Å². The van der Waals surface area contributed by atoms with Gasteiger partial charge in [-0.25, -0.2) is 23.4 Å². The highest BCUT2D eigenvalue weighted by molar-refractivity contribution is 7.89. The van der Waals surface area contributed by atoms with Gasteiger partial charge < -0.3 is 9.88 Å². The van der Waals surface area contributed by atoms with Gasteiger partial charge in [0.25, 0.3) is 10.0 Å². The molecule has 2 aromatic rings. The summed E-state index contributed by atoms with van der Waals surface area (Å²) in [5.41, 5.74) is -1.03. The standard InChI is InChI=1S/C19H25F3N6O2S/c1-27-10-18(25-12-27)31(29,30)28-8-14(13-5-3-2-4-6-13)15(9-28)26-17-7-16(19(20,21)22)23-11-24-17/h7,10-15H,2-6,8-9H2,1H3,(H,23,24,26)/t14-,15+/m1/s1. The van der Waals surface area contributed by atoms with Gasteiger partial charge in [0.2, 0.25) is 0 Å². The lowest BCUT2D eigenvalue weighted by molar-refractivity contribution is -0.141. The van der Waals surface area contributed by atoms with E-state index < -0.39 is 21.9 Å². The predicted octanol–water partition coefficient (Wildman–Crippen LogP) is 2.91. The third kappa shape index (κ3) is 4.69. The van der Waals surface area contributed by atoms with E-state index in [4.69, 9.17) is 0 Å². The van der Waals surface area contributed by atoms with Crippen molar-refractivity contribution < 1.29 is 21.6 Å². The van der Waals surface area contributed by atoms with Crippen molar-refractivity contribution in [3.05, 3.63) is 30.6 Å². The number of alkyl halides is 3. The monoisotopic (exact) mass is 458 g/mol. The molecule has 2 atom stereocenters. The number of rotatable bonds is 5. The number of hydrogen-bond donors (Lipinski definition) is 1. The van der Waals surface area contributed by atoms with Gasteiger partial charge in [-0.15, -0.1) is 0 Å². The van der Waals surface area contributed by atoms with Gasteiger partial charge in [0.1, 0.15) is 17.8 Å². The maximum atomic E-state index is 13.1. The van der Waals surface area contributed by atoms with Crippen LogP contribution >= 0.6 is 0 Å². The molecule has 31 heavy (non-hydrogen) atoms. The highest BCUT2D eigenvalue weighted by Crippen LogP contribution is 2.38. The molecule has 0 bridgehead atoms. The van der Waals surface area contributed by atoms with Crippen molar-refractivity contribution in [3.63, 3.8) is 0 Å². The lowest BCUT2D eigenvalue weighted by Crippen LogP contribution is -2.34. The number of imidazole rings is 1. The zero-order valence-electron chi connectivity index (χ0n) is 17.1. The van der Waals surface area contributed by atoms with Crippen LogP contribution in [0.4, 0.5) is 19.0 Å². The first-order chi connectivity index (χ1) is 14.6. The third-order valence-corrected chi connectivity index (χ3v) is 7.88. The second-order valence-electron chi connectivity index (χ2n) is 8.30. The molecule has 8 nitrogen and oxygen atoms in total. The molecule has 0 amide bonds. The van der Waals surface area contributed by atoms with Crippen molar-refractivity contribution in [3.8, 4) is 0 Å². The first kappa shape index (κ1) is 22.0. The average Bonchev–Trinajstić information content (AvgIpc) is 3.36. The summed E-state index contributed by atoms with van der Waals surface area (Å²) < 4.78 is 68.3. The highest BCUT2D eigenvalue weighted by atomic mass is 32.2. The van der Waals surface area contributed by atoms with E-state index in [1.165, 1.54) is 16.8 Å². The van der Waals surface area contributed by atoms with E-state index in [1.807, 2.05) is 0 Å². The SMILES string of the molecule is Cn1cnc(S(=O)(=O)N2C[C@H](Nc3cc(C(F)(F)F)ncn3)[C@@H](C3CCCCC3)C2)c1. The summed E-state index contributed by atoms with van der Waals surface area (Å²) in [6, 6.07) is 0.519. The van der Waals surface area contributed by atoms with E-state index in [9.17, 15) is 21.6 Å². The normalized spacial score (nSPS) is 23.9. The van der Waals surface area contributed by atoms with Crippen LogP contribution in [0.15, 0.2) is 29.9 Å². The minimum absolute atomic E-state index is 0.0249. The molecule has 2 fully saturated rings. The summed E-state index contributed by atoms with van der Waals surface area (Å²) in [6.07, 6.45) is 4.44. The lowest BCUT2D eigenvalue weighted by atomic mass is 9.78. The van der Waals surface area contributed by atoms with Gasteiger partial charge in [0.05, 0.1) is 6.33 Å². The highest BCUT2D eigenvalue weighted by Gasteiger charge is 2.44.